The van der Waals surface area contributed by atoms with Crippen LogP contribution in [0.2, 0.25) is 0 Å². The van der Waals surface area contributed by atoms with Crippen LogP contribution in [0.15, 0.2) is 48.5 Å². The van der Waals surface area contributed by atoms with E-state index in [0.29, 0.717) is 29.3 Å². The molecule has 2 aromatic rings. The number of ether oxygens (including phenoxy) is 3. The molecule has 168 valence electrons. The van der Waals surface area contributed by atoms with Crippen LogP contribution < -0.4 is 15.0 Å². The summed E-state index contributed by atoms with van der Waals surface area (Å²) in [5.74, 6) is -2.03. The topological polar surface area (TPSA) is 111 Å². The molecule has 0 bridgehead atoms. The first-order valence-electron chi connectivity index (χ1n) is 10.1. The van der Waals surface area contributed by atoms with Gasteiger partial charge in [0, 0.05) is 18.7 Å². The van der Waals surface area contributed by atoms with Gasteiger partial charge in [-0.1, -0.05) is 12.1 Å². The summed E-state index contributed by atoms with van der Waals surface area (Å²) in [5.41, 5.74) is 1.40. The molecule has 1 aliphatic rings. The minimum Gasteiger partial charge on any atom is -0.492 e. The predicted octanol–water partition coefficient (Wildman–Crippen LogP) is 2.41. The maximum Gasteiger partial charge on any atom is 0.337 e. The molecule has 0 radical (unpaired) electrons. The highest BCUT2D eigenvalue weighted by Crippen LogP contribution is 2.27. The highest BCUT2D eigenvalue weighted by molar-refractivity contribution is 6.00. The van der Waals surface area contributed by atoms with Gasteiger partial charge in [-0.05, 0) is 43.3 Å². The van der Waals surface area contributed by atoms with E-state index in [1.165, 1.54) is 12.0 Å². The van der Waals surface area contributed by atoms with Crippen LogP contribution in [0.25, 0.3) is 0 Å². The van der Waals surface area contributed by atoms with Gasteiger partial charge < -0.3 is 24.4 Å². The third kappa shape index (κ3) is 5.42. The first-order valence-corrected chi connectivity index (χ1v) is 10.1. The van der Waals surface area contributed by atoms with Crippen molar-refractivity contribution >= 4 is 35.1 Å². The highest BCUT2D eigenvalue weighted by atomic mass is 16.5. The predicted molar refractivity (Wildman–Crippen MR) is 115 cm³/mol. The summed E-state index contributed by atoms with van der Waals surface area (Å²) in [6, 6.07) is 13.3. The van der Waals surface area contributed by atoms with Crippen LogP contribution in [0.1, 0.15) is 23.7 Å². The molecule has 1 aliphatic heterocycles. The summed E-state index contributed by atoms with van der Waals surface area (Å²) in [6.45, 7) is 1.93. The van der Waals surface area contributed by atoms with Crippen LogP contribution in [0.5, 0.6) is 5.75 Å². The van der Waals surface area contributed by atoms with Crippen molar-refractivity contribution in [3.8, 4) is 5.75 Å². The Hall–Kier alpha value is -3.88. The van der Waals surface area contributed by atoms with E-state index < -0.39 is 30.4 Å². The highest BCUT2D eigenvalue weighted by Gasteiger charge is 2.36. The van der Waals surface area contributed by atoms with Gasteiger partial charge in [-0.3, -0.25) is 14.4 Å². The Morgan fingerprint density at radius 2 is 1.81 bits per heavy atom. The van der Waals surface area contributed by atoms with Gasteiger partial charge in [0.05, 0.1) is 30.9 Å². The van der Waals surface area contributed by atoms with Gasteiger partial charge in [-0.15, -0.1) is 0 Å². The Labute approximate surface area is 185 Å². The van der Waals surface area contributed by atoms with Crippen molar-refractivity contribution in [3.63, 3.8) is 0 Å². The minimum atomic E-state index is -0.689. The molecule has 3 rings (SSSR count). The Kier molecular flexibility index (Phi) is 7.43. The van der Waals surface area contributed by atoms with E-state index in [4.69, 9.17) is 9.47 Å². The summed E-state index contributed by atoms with van der Waals surface area (Å²) in [5, 5.41) is 2.65. The zero-order valence-corrected chi connectivity index (χ0v) is 17.8. The van der Waals surface area contributed by atoms with Gasteiger partial charge in [0.2, 0.25) is 5.91 Å². The summed E-state index contributed by atoms with van der Waals surface area (Å²) in [7, 11) is 1.29. The SMILES string of the molecule is CCOc1ccccc1NC(=O)COC(=O)[C@@H]1CC(=O)N(c2ccc(C(=O)OC)cc2)C1. The normalized spacial score (nSPS) is 15.2. The molecule has 1 heterocycles. The van der Waals surface area contributed by atoms with E-state index in [-0.39, 0.29) is 18.9 Å². The number of para-hydroxylation sites is 2. The lowest BCUT2D eigenvalue weighted by molar-refractivity contribution is -0.151. The van der Waals surface area contributed by atoms with Crippen LogP contribution in [0.4, 0.5) is 11.4 Å². The molecule has 1 fully saturated rings. The fourth-order valence-corrected chi connectivity index (χ4v) is 3.30. The summed E-state index contributed by atoms with van der Waals surface area (Å²) >= 11 is 0. The molecule has 2 aromatic carbocycles. The van der Waals surface area contributed by atoms with Crippen LogP contribution in [0, 0.1) is 5.92 Å². The molecule has 9 heteroatoms. The summed E-state index contributed by atoms with van der Waals surface area (Å²) in [6.07, 6.45) is -0.0214. The molecule has 0 aromatic heterocycles. The second-order valence-electron chi connectivity index (χ2n) is 7.03. The Morgan fingerprint density at radius 1 is 1.09 bits per heavy atom. The number of nitrogens with zero attached hydrogens (tertiary/aromatic N) is 1. The van der Waals surface area contributed by atoms with Gasteiger partial charge in [-0.25, -0.2) is 4.79 Å². The Bertz CT molecular complexity index is 1000. The molecule has 0 unspecified atom stereocenters. The van der Waals surface area contributed by atoms with Crippen molar-refractivity contribution < 1.29 is 33.4 Å². The maximum atomic E-state index is 12.4. The van der Waals surface area contributed by atoms with E-state index in [9.17, 15) is 19.2 Å². The maximum absolute atomic E-state index is 12.4. The molecule has 0 aliphatic carbocycles. The third-order valence-electron chi connectivity index (χ3n) is 4.86. The first-order chi connectivity index (χ1) is 15.4. The van der Waals surface area contributed by atoms with Gasteiger partial charge in [0.1, 0.15) is 5.75 Å². The van der Waals surface area contributed by atoms with Gasteiger partial charge in [0.25, 0.3) is 5.91 Å². The molecule has 32 heavy (non-hydrogen) atoms. The number of methoxy groups -OCH3 is 1. The number of nitrogens with one attached hydrogen (secondary N) is 1. The molecule has 1 saturated heterocycles. The Morgan fingerprint density at radius 3 is 2.50 bits per heavy atom. The number of amides is 2. The molecule has 0 saturated carbocycles. The molecule has 2 amide bonds. The minimum absolute atomic E-state index is 0.0214. The van der Waals surface area contributed by atoms with Crippen LogP contribution in [-0.4, -0.2) is 50.6 Å². The fraction of sp³-hybridized carbons (Fsp3) is 0.304. The van der Waals surface area contributed by atoms with Crippen molar-refractivity contribution in [2.24, 2.45) is 5.92 Å². The number of hydrogen-bond acceptors (Lipinski definition) is 7. The molecule has 0 spiro atoms. The molecule has 1 N–H and O–H groups in total. The lowest BCUT2D eigenvalue weighted by atomic mass is 10.1. The quantitative estimate of drug-likeness (QED) is 0.628. The average molecular weight is 440 g/mol. The zero-order chi connectivity index (χ0) is 23.1. The third-order valence-corrected chi connectivity index (χ3v) is 4.86. The number of anilines is 2. The van der Waals surface area contributed by atoms with E-state index in [1.807, 2.05) is 6.92 Å². The molecular formula is C23H24N2O7. The largest absolute Gasteiger partial charge is 0.492 e. The van der Waals surface area contributed by atoms with Crippen molar-refractivity contribution in [2.45, 2.75) is 13.3 Å². The molecule has 1 atom stereocenters. The second kappa shape index (κ2) is 10.4. The smallest absolute Gasteiger partial charge is 0.337 e. The number of hydrogen-bond donors (Lipinski definition) is 1. The van der Waals surface area contributed by atoms with Gasteiger partial charge in [0.15, 0.2) is 6.61 Å². The average Bonchev–Trinajstić information content (AvgIpc) is 3.20. The van der Waals surface area contributed by atoms with Crippen molar-refractivity contribution in [3.05, 3.63) is 54.1 Å². The number of carbonyl (C=O) groups excluding carboxylic acids is 4. The van der Waals surface area contributed by atoms with E-state index >= 15 is 0 Å². The summed E-state index contributed by atoms with van der Waals surface area (Å²) < 4.78 is 15.2. The second-order valence-corrected chi connectivity index (χ2v) is 7.03. The Balaban J connectivity index is 1.53. The van der Waals surface area contributed by atoms with Crippen molar-refractivity contribution in [2.75, 3.05) is 37.1 Å². The summed E-state index contributed by atoms with van der Waals surface area (Å²) in [4.78, 5) is 50.0. The number of carbonyl (C=O) groups is 4. The standard InChI is InChI=1S/C23H24N2O7/c1-3-31-19-7-5-4-6-18(19)24-20(26)14-32-23(29)16-12-21(27)25(13-16)17-10-8-15(9-11-17)22(28)30-2/h4-11,16H,3,12-14H2,1-2H3,(H,24,26)/t16-/m1/s1. The zero-order valence-electron chi connectivity index (χ0n) is 17.8. The van der Waals surface area contributed by atoms with Crippen LogP contribution in [0.3, 0.4) is 0 Å². The van der Waals surface area contributed by atoms with E-state index in [2.05, 4.69) is 10.1 Å². The lowest BCUT2D eigenvalue weighted by Crippen LogP contribution is -2.28. The lowest BCUT2D eigenvalue weighted by Gasteiger charge is -2.17. The number of esters is 2. The molecular weight excluding hydrogens is 416 g/mol. The van der Waals surface area contributed by atoms with E-state index in [1.54, 1.807) is 48.5 Å². The van der Waals surface area contributed by atoms with Gasteiger partial charge >= 0.3 is 11.9 Å². The number of benzene rings is 2. The van der Waals surface area contributed by atoms with Crippen molar-refractivity contribution in [1.82, 2.24) is 0 Å². The van der Waals surface area contributed by atoms with Gasteiger partial charge in [-0.2, -0.15) is 0 Å². The fourth-order valence-electron chi connectivity index (χ4n) is 3.30. The van der Waals surface area contributed by atoms with Crippen molar-refractivity contribution in [1.29, 1.82) is 0 Å². The first kappa shape index (κ1) is 22.8. The van der Waals surface area contributed by atoms with E-state index in [0.717, 1.165) is 0 Å². The molecule has 9 nitrogen and oxygen atoms in total. The van der Waals surface area contributed by atoms with Crippen LogP contribution >= 0.6 is 0 Å². The monoisotopic (exact) mass is 440 g/mol. The van der Waals surface area contributed by atoms with Crippen LogP contribution in [-0.2, 0) is 23.9 Å². The number of rotatable bonds is 8.